The molecule has 0 radical (unpaired) electrons. The van der Waals surface area contributed by atoms with Gasteiger partial charge in [0.2, 0.25) is 0 Å². The number of carbonyl (C=O) groups is 1. The molecule has 1 aliphatic heterocycles. The summed E-state index contributed by atoms with van der Waals surface area (Å²) in [6.07, 6.45) is 5.29. The second kappa shape index (κ2) is 8.11. The van der Waals surface area contributed by atoms with Gasteiger partial charge in [0.25, 0.3) is 5.91 Å². The molecule has 4 heterocycles. The van der Waals surface area contributed by atoms with Crippen LogP contribution in [0.25, 0.3) is 22.5 Å². The first-order valence-electron chi connectivity index (χ1n) is 10.8. The lowest BCUT2D eigenvalue weighted by molar-refractivity contribution is 0.102. The number of nitrogens with one attached hydrogen (secondary N) is 1. The average molecular weight is 433 g/mol. The highest BCUT2D eigenvalue weighted by molar-refractivity contribution is 6.13. The molecule has 0 spiro atoms. The number of para-hydroxylation sites is 1. The number of hydrogen-bond donors (Lipinski definition) is 1. The first-order chi connectivity index (χ1) is 15.5. The second-order valence-corrected chi connectivity index (χ2v) is 8.23. The largest absolute Gasteiger partial charge is 0.463 e. The molecule has 1 saturated heterocycles. The van der Waals surface area contributed by atoms with Gasteiger partial charge in [-0.15, -0.1) is 0 Å². The predicted molar refractivity (Wildman–Crippen MR) is 121 cm³/mol. The second-order valence-electron chi connectivity index (χ2n) is 8.23. The number of pyridine rings is 1. The zero-order valence-corrected chi connectivity index (χ0v) is 18.0. The Morgan fingerprint density at radius 3 is 2.72 bits per heavy atom. The van der Waals surface area contributed by atoms with E-state index in [1.807, 2.05) is 19.9 Å². The van der Waals surface area contributed by atoms with Gasteiger partial charge in [-0.25, -0.2) is 14.1 Å². The van der Waals surface area contributed by atoms with E-state index in [0.717, 1.165) is 25.9 Å². The Hall–Kier alpha value is -3.68. The Bertz CT molecular complexity index is 1270. The molecule has 7 nitrogen and oxygen atoms in total. The zero-order valence-electron chi connectivity index (χ0n) is 18.0. The van der Waals surface area contributed by atoms with E-state index in [9.17, 15) is 9.18 Å². The van der Waals surface area contributed by atoms with Gasteiger partial charge < -0.3 is 14.6 Å². The summed E-state index contributed by atoms with van der Waals surface area (Å²) in [5, 5.41) is 7.85. The van der Waals surface area contributed by atoms with Gasteiger partial charge in [0.15, 0.2) is 11.4 Å². The van der Waals surface area contributed by atoms with Gasteiger partial charge in [0.1, 0.15) is 17.2 Å². The fourth-order valence-corrected chi connectivity index (χ4v) is 4.17. The van der Waals surface area contributed by atoms with Gasteiger partial charge >= 0.3 is 0 Å². The van der Waals surface area contributed by atoms with Gasteiger partial charge in [0.05, 0.1) is 29.1 Å². The van der Waals surface area contributed by atoms with Crippen LogP contribution < -0.4 is 10.2 Å². The van der Waals surface area contributed by atoms with Crippen LogP contribution in [0, 0.1) is 5.82 Å². The van der Waals surface area contributed by atoms with Crippen molar-refractivity contribution in [1.29, 1.82) is 0 Å². The molecule has 4 aromatic rings. The van der Waals surface area contributed by atoms with Crippen LogP contribution in [-0.4, -0.2) is 33.8 Å². The van der Waals surface area contributed by atoms with Crippen molar-refractivity contribution in [3.05, 3.63) is 60.2 Å². The minimum atomic E-state index is -0.461. The minimum Gasteiger partial charge on any atom is -0.463 e. The lowest BCUT2D eigenvalue weighted by Gasteiger charge is -2.22. The summed E-state index contributed by atoms with van der Waals surface area (Å²) >= 11 is 0. The van der Waals surface area contributed by atoms with Crippen LogP contribution in [0.1, 0.15) is 43.1 Å². The number of amides is 1. The van der Waals surface area contributed by atoms with E-state index in [-0.39, 0.29) is 11.7 Å². The van der Waals surface area contributed by atoms with Crippen molar-refractivity contribution in [2.75, 3.05) is 23.3 Å². The molecule has 0 aliphatic carbocycles. The van der Waals surface area contributed by atoms with Crippen LogP contribution in [0.3, 0.4) is 0 Å². The summed E-state index contributed by atoms with van der Waals surface area (Å²) in [4.78, 5) is 20.3. The summed E-state index contributed by atoms with van der Waals surface area (Å²) in [5.41, 5.74) is 2.35. The Labute approximate surface area is 184 Å². The number of anilines is 2. The smallest absolute Gasteiger partial charge is 0.256 e. The van der Waals surface area contributed by atoms with Crippen molar-refractivity contribution in [2.45, 2.75) is 32.7 Å². The lowest BCUT2D eigenvalue weighted by Crippen LogP contribution is -2.22. The third kappa shape index (κ3) is 3.51. The first kappa shape index (κ1) is 20.2. The van der Waals surface area contributed by atoms with Crippen LogP contribution in [-0.2, 0) is 0 Å². The number of halogens is 1. The monoisotopic (exact) mass is 433 g/mol. The molecule has 32 heavy (non-hydrogen) atoms. The van der Waals surface area contributed by atoms with Crippen LogP contribution in [0.15, 0.2) is 53.3 Å². The third-order valence-corrected chi connectivity index (χ3v) is 5.75. The van der Waals surface area contributed by atoms with Gasteiger partial charge in [0, 0.05) is 19.1 Å². The van der Waals surface area contributed by atoms with Gasteiger partial charge in [-0.05, 0) is 57.0 Å². The van der Waals surface area contributed by atoms with Crippen molar-refractivity contribution < 1.29 is 13.6 Å². The highest BCUT2D eigenvalue weighted by Gasteiger charge is 2.23. The maximum absolute atomic E-state index is 14.8. The van der Waals surface area contributed by atoms with Crippen LogP contribution in [0.2, 0.25) is 0 Å². The predicted octanol–water partition coefficient (Wildman–Crippen LogP) is 5.26. The molecule has 1 fully saturated rings. The van der Waals surface area contributed by atoms with Crippen molar-refractivity contribution in [3.8, 4) is 11.5 Å². The number of rotatable bonds is 5. The molecule has 0 bridgehead atoms. The Morgan fingerprint density at radius 2 is 2.00 bits per heavy atom. The standard InChI is InChI=1S/C24H24FN5O2/c1-15(2)30-23-17(14-26-30)16(13-19(27-23)21-9-6-12-32-21)24(31)28-22-18(25)7-5-8-20(22)29-10-3-4-11-29/h5-9,12-15H,3-4,10-11H2,1-2H3,(H,28,31). The van der Waals surface area contributed by atoms with E-state index >= 15 is 0 Å². The van der Waals surface area contributed by atoms with Crippen LogP contribution >= 0.6 is 0 Å². The normalized spacial score (nSPS) is 13.9. The summed E-state index contributed by atoms with van der Waals surface area (Å²) in [5.74, 6) is -0.336. The number of aromatic nitrogens is 3. The molecular weight excluding hydrogens is 409 g/mol. The first-order valence-corrected chi connectivity index (χ1v) is 10.8. The number of carbonyl (C=O) groups excluding carboxylic acids is 1. The quantitative estimate of drug-likeness (QED) is 0.464. The van der Waals surface area contributed by atoms with E-state index < -0.39 is 11.7 Å². The van der Waals surface area contributed by atoms with E-state index in [1.165, 1.54) is 6.07 Å². The Morgan fingerprint density at radius 1 is 1.19 bits per heavy atom. The molecule has 0 saturated carbocycles. The maximum atomic E-state index is 14.8. The topological polar surface area (TPSA) is 76.2 Å². The fourth-order valence-electron chi connectivity index (χ4n) is 4.17. The maximum Gasteiger partial charge on any atom is 0.256 e. The SMILES string of the molecule is CC(C)n1ncc2c(C(=O)Nc3c(F)cccc3N3CCCC3)cc(-c3ccco3)nc21. The molecule has 1 N–H and O–H groups in total. The Kier molecular flexibility index (Phi) is 5.13. The lowest BCUT2D eigenvalue weighted by atomic mass is 10.1. The molecule has 164 valence electrons. The average Bonchev–Trinajstić information content (AvgIpc) is 3.55. The summed E-state index contributed by atoms with van der Waals surface area (Å²) in [6.45, 7) is 5.68. The van der Waals surface area contributed by atoms with Crippen molar-refractivity contribution in [2.24, 2.45) is 0 Å². The number of hydrogen-bond acceptors (Lipinski definition) is 5. The zero-order chi connectivity index (χ0) is 22.2. The molecule has 1 amide bonds. The molecule has 0 unspecified atom stereocenters. The number of furan rings is 1. The summed E-state index contributed by atoms with van der Waals surface area (Å²) in [6, 6.07) is 10.1. The highest BCUT2D eigenvalue weighted by Crippen LogP contribution is 2.33. The third-order valence-electron chi connectivity index (χ3n) is 5.75. The summed E-state index contributed by atoms with van der Waals surface area (Å²) in [7, 11) is 0. The van der Waals surface area contributed by atoms with Crippen molar-refractivity contribution in [1.82, 2.24) is 14.8 Å². The van der Waals surface area contributed by atoms with Gasteiger partial charge in [-0.1, -0.05) is 6.07 Å². The van der Waals surface area contributed by atoms with E-state index in [1.54, 1.807) is 41.4 Å². The highest BCUT2D eigenvalue weighted by atomic mass is 19.1. The van der Waals surface area contributed by atoms with E-state index in [2.05, 4.69) is 15.3 Å². The van der Waals surface area contributed by atoms with Crippen LogP contribution in [0.5, 0.6) is 0 Å². The van der Waals surface area contributed by atoms with Crippen molar-refractivity contribution in [3.63, 3.8) is 0 Å². The molecule has 8 heteroatoms. The van der Waals surface area contributed by atoms with E-state index in [4.69, 9.17) is 9.40 Å². The fraction of sp³-hybridized carbons (Fsp3) is 0.292. The van der Waals surface area contributed by atoms with Crippen molar-refractivity contribution >= 4 is 28.3 Å². The molecule has 3 aromatic heterocycles. The molecule has 0 atom stereocenters. The number of nitrogens with zero attached hydrogens (tertiary/aromatic N) is 4. The van der Waals surface area contributed by atoms with E-state index in [0.29, 0.717) is 33.7 Å². The van der Waals surface area contributed by atoms with Gasteiger partial charge in [-0.3, -0.25) is 4.79 Å². The Balaban J connectivity index is 1.60. The minimum absolute atomic E-state index is 0.0519. The molecule has 5 rings (SSSR count). The van der Waals surface area contributed by atoms with Crippen LogP contribution in [0.4, 0.5) is 15.8 Å². The summed E-state index contributed by atoms with van der Waals surface area (Å²) < 4.78 is 22.1. The molecule has 1 aliphatic rings. The van der Waals surface area contributed by atoms with Gasteiger partial charge in [-0.2, -0.15) is 5.10 Å². The number of fused-ring (bicyclic) bond motifs is 1. The molecular formula is C24H24FN5O2. The number of benzene rings is 1. The molecule has 1 aromatic carbocycles.